The number of hydrogen-bond acceptors (Lipinski definition) is 2. The average molecular weight is 181 g/mol. The molecule has 0 bridgehead atoms. The fraction of sp³-hybridized carbons (Fsp3) is 0.700. The summed E-state index contributed by atoms with van der Waals surface area (Å²) in [6.45, 7) is 9.71. The smallest absolute Gasteiger partial charge is 0.123 e. The van der Waals surface area contributed by atoms with Crippen LogP contribution in [-0.4, -0.2) is 16.5 Å². The SMILES string of the molecule is CCNC(c1ncc[nH]1)C(C)(C)C. The van der Waals surface area contributed by atoms with E-state index in [2.05, 4.69) is 43.0 Å². The van der Waals surface area contributed by atoms with E-state index in [9.17, 15) is 0 Å². The first-order valence-electron chi connectivity index (χ1n) is 4.78. The van der Waals surface area contributed by atoms with Crippen LogP contribution < -0.4 is 5.32 Å². The van der Waals surface area contributed by atoms with Gasteiger partial charge in [-0.2, -0.15) is 0 Å². The summed E-state index contributed by atoms with van der Waals surface area (Å²) in [6, 6.07) is 0.299. The van der Waals surface area contributed by atoms with Crippen molar-refractivity contribution in [3.63, 3.8) is 0 Å². The second kappa shape index (κ2) is 3.92. The molecule has 3 nitrogen and oxygen atoms in total. The first-order chi connectivity index (χ1) is 6.05. The van der Waals surface area contributed by atoms with Crippen molar-refractivity contribution in [3.05, 3.63) is 18.2 Å². The predicted molar refractivity (Wildman–Crippen MR) is 54.5 cm³/mol. The zero-order chi connectivity index (χ0) is 9.90. The van der Waals surface area contributed by atoms with Gasteiger partial charge in [-0.15, -0.1) is 0 Å². The van der Waals surface area contributed by atoms with Crippen LogP contribution in [0, 0.1) is 5.41 Å². The third kappa shape index (κ3) is 2.56. The van der Waals surface area contributed by atoms with Crippen molar-refractivity contribution in [1.82, 2.24) is 15.3 Å². The highest BCUT2D eigenvalue weighted by atomic mass is 15.0. The Morgan fingerprint density at radius 1 is 1.54 bits per heavy atom. The van der Waals surface area contributed by atoms with Gasteiger partial charge in [0.05, 0.1) is 6.04 Å². The van der Waals surface area contributed by atoms with Crippen LogP contribution in [0.2, 0.25) is 0 Å². The topological polar surface area (TPSA) is 40.7 Å². The maximum Gasteiger partial charge on any atom is 0.123 e. The van der Waals surface area contributed by atoms with Crippen molar-refractivity contribution < 1.29 is 0 Å². The monoisotopic (exact) mass is 181 g/mol. The number of hydrogen-bond donors (Lipinski definition) is 2. The molecule has 0 radical (unpaired) electrons. The normalized spacial score (nSPS) is 14.5. The van der Waals surface area contributed by atoms with Gasteiger partial charge in [-0.1, -0.05) is 27.7 Å². The molecule has 0 aliphatic carbocycles. The molecule has 1 atom stereocenters. The van der Waals surface area contributed by atoms with Crippen molar-refractivity contribution in [1.29, 1.82) is 0 Å². The van der Waals surface area contributed by atoms with E-state index < -0.39 is 0 Å². The quantitative estimate of drug-likeness (QED) is 0.749. The maximum atomic E-state index is 4.28. The number of nitrogens with one attached hydrogen (secondary N) is 2. The maximum absolute atomic E-state index is 4.28. The molecule has 0 spiro atoms. The largest absolute Gasteiger partial charge is 0.347 e. The zero-order valence-electron chi connectivity index (χ0n) is 8.89. The van der Waals surface area contributed by atoms with Crippen LogP contribution in [0.4, 0.5) is 0 Å². The average Bonchev–Trinajstić information content (AvgIpc) is 2.49. The standard InChI is InChI=1S/C10H19N3/c1-5-11-8(10(2,3)4)9-12-6-7-13-9/h6-8,11H,5H2,1-4H3,(H,12,13). The second-order valence-electron chi connectivity index (χ2n) is 4.33. The van der Waals surface area contributed by atoms with Crippen molar-refractivity contribution in [3.8, 4) is 0 Å². The Balaban J connectivity index is 2.81. The second-order valence-corrected chi connectivity index (χ2v) is 4.33. The van der Waals surface area contributed by atoms with Gasteiger partial charge in [-0.3, -0.25) is 0 Å². The van der Waals surface area contributed by atoms with E-state index in [0.717, 1.165) is 12.4 Å². The summed E-state index contributed by atoms with van der Waals surface area (Å²) in [4.78, 5) is 7.44. The van der Waals surface area contributed by atoms with Gasteiger partial charge in [-0.05, 0) is 12.0 Å². The lowest BCUT2D eigenvalue weighted by atomic mass is 9.86. The molecule has 0 amide bonds. The van der Waals surface area contributed by atoms with Crippen molar-refractivity contribution in [2.45, 2.75) is 33.7 Å². The molecule has 3 heteroatoms. The summed E-state index contributed by atoms with van der Waals surface area (Å²) in [6.07, 6.45) is 3.66. The van der Waals surface area contributed by atoms with Gasteiger partial charge >= 0.3 is 0 Å². The molecule has 1 aromatic rings. The highest BCUT2D eigenvalue weighted by Crippen LogP contribution is 2.30. The predicted octanol–water partition coefficient (Wildman–Crippen LogP) is 2.11. The fourth-order valence-corrected chi connectivity index (χ4v) is 1.45. The highest BCUT2D eigenvalue weighted by molar-refractivity contribution is 5.00. The van der Waals surface area contributed by atoms with Gasteiger partial charge in [0.2, 0.25) is 0 Å². The van der Waals surface area contributed by atoms with Crippen LogP contribution in [0.3, 0.4) is 0 Å². The van der Waals surface area contributed by atoms with Gasteiger partial charge < -0.3 is 10.3 Å². The lowest BCUT2D eigenvalue weighted by Gasteiger charge is -2.29. The zero-order valence-corrected chi connectivity index (χ0v) is 8.89. The van der Waals surface area contributed by atoms with E-state index in [4.69, 9.17) is 0 Å². The minimum Gasteiger partial charge on any atom is -0.347 e. The van der Waals surface area contributed by atoms with Crippen molar-refractivity contribution in [2.75, 3.05) is 6.54 Å². The van der Waals surface area contributed by atoms with Crippen LogP contribution in [0.5, 0.6) is 0 Å². The molecule has 0 aromatic carbocycles. The van der Waals surface area contributed by atoms with Crippen LogP contribution >= 0.6 is 0 Å². The Kier molecular flexibility index (Phi) is 3.09. The number of aromatic nitrogens is 2. The molecule has 0 fully saturated rings. The van der Waals surface area contributed by atoms with Gasteiger partial charge in [0.15, 0.2) is 0 Å². The summed E-state index contributed by atoms with van der Waals surface area (Å²) < 4.78 is 0. The Bertz CT molecular complexity index is 233. The van der Waals surface area contributed by atoms with E-state index in [1.54, 1.807) is 6.20 Å². The van der Waals surface area contributed by atoms with Gasteiger partial charge in [-0.25, -0.2) is 4.98 Å². The molecule has 0 aliphatic rings. The molecule has 1 heterocycles. The molecule has 74 valence electrons. The minimum absolute atomic E-state index is 0.188. The molecule has 1 unspecified atom stereocenters. The van der Waals surface area contributed by atoms with E-state index in [-0.39, 0.29) is 5.41 Å². The minimum atomic E-state index is 0.188. The lowest BCUT2D eigenvalue weighted by molar-refractivity contribution is 0.267. The van der Waals surface area contributed by atoms with Crippen LogP contribution in [0.1, 0.15) is 39.6 Å². The van der Waals surface area contributed by atoms with Crippen molar-refractivity contribution in [2.24, 2.45) is 5.41 Å². The summed E-state index contributed by atoms with van der Waals surface area (Å²) in [5, 5.41) is 3.43. The first kappa shape index (κ1) is 10.3. The third-order valence-electron chi connectivity index (χ3n) is 2.07. The van der Waals surface area contributed by atoms with Gasteiger partial charge in [0.1, 0.15) is 5.82 Å². The Hall–Kier alpha value is -0.830. The number of imidazole rings is 1. The number of aromatic amines is 1. The van der Waals surface area contributed by atoms with Gasteiger partial charge in [0.25, 0.3) is 0 Å². The van der Waals surface area contributed by atoms with E-state index in [0.29, 0.717) is 6.04 Å². The molecule has 0 aliphatic heterocycles. The number of H-pyrrole nitrogens is 1. The van der Waals surface area contributed by atoms with Gasteiger partial charge in [0, 0.05) is 12.4 Å². The highest BCUT2D eigenvalue weighted by Gasteiger charge is 2.26. The summed E-state index contributed by atoms with van der Waals surface area (Å²) in [7, 11) is 0. The molecule has 2 N–H and O–H groups in total. The molecular formula is C10H19N3. The molecule has 0 saturated heterocycles. The van der Waals surface area contributed by atoms with E-state index in [1.807, 2.05) is 6.20 Å². The fourth-order valence-electron chi connectivity index (χ4n) is 1.45. The van der Waals surface area contributed by atoms with Crippen molar-refractivity contribution >= 4 is 0 Å². The van der Waals surface area contributed by atoms with Crippen LogP contribution in [0.25, 0.3) is 0 Å². The van der Waals surface area contributed by atoms with Crippen LogP contribution in [-0.2, 0) is 0 Å². The van der Waals surface area contributed by atoms with Crippen LogP contribution in [0.15, 0.2) is 12.4 Å². The Labute approximate surface area is 80.0 Å². The Morgan fingerprint density at radius 2 is 2.23 bits per heavy atom. The molecule has 1 rings (SSSR count). The Morgan fingerprint density at radius 3 is 2.62 bits per heavy atom. The number of rotatable bonds is 3. The molecular weight excluding hydrogens is 162 g/mol. The summed E-state index contributed by atoms with van der Waals surface area (Å²) in [5.74, 6) is 1.02. The first-order valence-corrected chi connectivity index (χ1v) is 4.78. The summed E-state index contributed by atoms with van der Waals surface area (Å²) >= 11 is 0. The lowest BCUT2D eigenvalue weighted by Crippen LogP contribution is -2.33. The van der Waals surface area contributed by atoms with E-state index in [1.165, 1.54) is 0 Å². The number of nitrogens with zero attached hydrogens (tertiary/aromatic N) is 1. The summed E-state index contributed by atoms with van der Waals surface area (Å²) in [5.41, 5.74) is 0.188. The third-order valence-corrected chi connectivity index (χ3v) is 2.07. The molecule has 13 heavy (non-hydrogen) atoms. The van der Waals surface area contributed by atoms with E-state index >= 15 is 0 Å². The molecule has 0 saturated carbocycles. The molecule has 1 aromatic heterocycles.